The zero-order valence-corrected chi connectivity index (χ0v) is 15.6. The van der Waals surface area contributed by atoms with Crippen LogP contribution in [0, 0.1) is 11.7 Å². The highest BCUT2D eigenvalue weighted by atomic mass is 32.2. The Labute approximate surface area is 155 Å². The summed E-state index contributed by atoms with van der Waals surface area (Å²) in [5.41, 5.74) is 2.87. The van der Waals surface area contributed by atoms with Gasteiger partial charge in [-0.1, -0.05) is 42.0 Å². The molecule has 25 heavy (non-hydrogen) atoms. The van der Waals surface area contributed by atoms with Gasteiger partial charge in [0.05, 0.1) is 5.69 Å². The molecule has 0 unspecified atom stereocenters. The summed E-state index contributed by atoms with van der Waals surface area (Å²) in [6.07, 6.45) is 1.98. The molecule has 1 aromatic heterocycles. The van der Waals surface area contributed by atoms with Crippen LogP contribution in [0.4, 0.5) is 5.69 Å². The van der Waals surface area contributed by atoms with E-state index in [0.29, 0.717) is 10.6 Å². The molecule has 0 bridgehead atoms. The molecule has 0 radical (unpaired) electrons. The van der Waals surface area contributed by atoms with Crippen molar-refractivity contribution in [3.63, 3.8) is 0 Å². The molecular weight excluding hydrogens is 352 g/mol. The van der Waals surface area contributed by atoms with Gasteiger partial charge in [0, 0.05) is 10.5 Å². The Morgan fingerprint density at radius 3 is 2.68 bits per heavy atom. The molecule has 0 aliphatic heterocycles. The molecule has 1 amide bonds. The second-order valence-corrected chi connectivity index (χ2v) is 6.79. The van der Waals surface area contributed by atoms with Gasteiger partial charge >= 0.3 is 0 Å². The summed E-state index contributed by atoms with van der Waals surface area (Å²) in [7, 11) is 0. The van der Waals surface area contributed by atoms with Crippen LogP contribution in [0.5, 0.6) is 0 Å². The first kappa shape index (κ1) is 17.4. The lowest BCUT2D eigenvalue weighted by Gasteiger charge is -2.11. The van der Waals surface area contributed by atoms with Crippen LogP contribution >= 0.6 is 24.0 Å². The number of nitrogens with one attached hydrogen (secondary N) is 2. The number of rotatable bonds is 5. The van der Waals surface area contributed by atoms with Crippen LogP contribution < -0.4 is 5.32 Å². The number of aryl methyl sites for hydroxylation is 1. The molecular formula is C18H18N4OS2. The summed E-state index contributed by atoms with van der Waals surface area (Å²) < 4.78 is 2.13. The first-order valence-corrected chi connectivity index (χ1v) is 9.37. The Morgan fingerprint density at radius 2 is 1.96 bits per heavy atom. The Hall–Kier alpha value is -2.38. The number of thioether (sulfide) groups is 1. The van der Waals surface area contributed by atoms with E-state index in [1.807, 2.05) is 61.7 Å². The summed E-state index contributed by atoms with van der Waals surface area (Å²) in [5, 5.41) is 9.99. The van der Waals surface area contributed by atoms with Crippen LogP contribution in [-0.4, -0.2) is 26.9 Å². The van der Waals surface area contributed by atoms with Crippen molar-refractivity contribution in [2.24, 2.45) is 0 Å². The molecule has 0 atom stereocenters. The molecule has 2 N–H and O–H groups in total. The van der Waals surface area contributed by atoms with Gasteiger partial charge in [0.2, 0.25) is 5.91 Å². The van der Waals surface area contributed by atoms with Crippen LogP contribution in [0.25, 0.3) is 11.4 Å². The molecule has 0 saturated carbocycles. The minimum Gasteiger partial charge on any atom is -0.324 e. The Balaban J connectivity index is 1.83. The molecule has 1 heterocycles. The number of aromatic nitrogens is 3. The standard InChI is InChI=1S/C18H18N4OS2/c1-12-7-9-13(10-8-12)17-20-21-18(24)22(17)11-16(23)19-14-5-3-4-6-15(14)25-2/h3-10H,11H2,1-2H3,(H,19,23)(H,21,24). The number of hydrogen-bond donors (Lipinski definition) is 2. The summed E-state index contributed by atoms with van der Waals surface area (Å²) >= 11 is 6.88. The Bertz CT molecular complexity index is 944. The summed E-state index contributed by atoms with van der Waals surface area (Å²) in [6.45, 7) is 2.12. The third-order valence-corrected chi connectivity index (χ3v) is 4.86. The predicted octanol–water partition coefficient (Wildman–Crippen LogP) is 4.28. The van der Waals surface area contributed by atoms with Gasteiger partial charge < -0.3 is 5.32 Å². The summed E-state index contributed by atoms with van der Waals surface area (Å²) in [5.74, 6) is 0.505. The van der Waals surface area contributed by atoms with Crippen molar-refractivity contribution in [1.29, 1.82) is 0 Å². The van der Waals surface area contributed by atoms with E-state index >= 15 is 0 Å². The van der Waals surface area contributed by atoms with Crippen LogP contribution in [0.3, 0.4) is 0 Å². The van der Waals surface area contributed by atoms with E-state index in [2.05, 4.69) is 15.5 Å². The second kappa shape index (κ2) is 7.67. The highest BCUT2D eigenvalue weighted by Gasteiger charge is 2.13. The van der Waals surface area contributed by atoms with Crippen LogP contribution in [0.15, 0.2) is 53.4 Å². The lowest BCUT2D eigenvalue weighted by atomic mass is 10.1. The van der Waals surface area contributed by atoms with Gasteiger partial charge in [-0.25, -0.2) is 0 Å². The van der Waals surface area contributed by atoms with Gasteiger partial charge in [-0.15, -0.1) is 11.8 Å². The van der Waals surface area contributed by atoms with Crippen LogP contribution in [0.1, 0.15) is 5.56 Å². The molecule has 3 rings (SSSR count). The number of anilines is 1. The zero-order valence-electron chi connectivity index (χ0n) is 13.9. The van der Waals surface area contributed by atoms with Gasteiger partial charge in [-0.2, -0.15) is 5.10 Å². The second-order valence-electron chi connectivity index (χ2n) is 5.55. The van der Waals surface area contributed by atoms with Gasteiger partial charge in [0.15, 0.2) is 10.6 Å². The minimum absolute atomic E-state index is 0.0985. The molecule has 2 aromatic carbocycles. The largest absolute Gasteiger partial charge is 0.324 e. The molecule has 0 aliphatic carbocycles. The smallest absolute Gasteiger partial charge is 0.244 e. The van der Waals surface area contributed by atoms with E-state index in [1.54, 1.807) is 16.3 Å². The molecule has 128 valence electrons. The minimum atomic E-state index is -0.146. The number of H-pyrrole nitrogens is 1. The van der Waals surface area contributed by atoms with Crippen molar-refractivity contribution in [2.75, 3.05) is 11.6 Å². The van der Waals surface area contributed by atoms with Crippen LogP contribution in [-0.2, 0) is 11.3 Å². The van der Waals surface area contributed by atoms with E-state index in [1.165, 1.54) is 0 Å². The molecule has 0 saturated heterocycles. The van der Waals surface area contributed by atoms with E-state index in [0.717, 1.165) is 21.7 Å². The van der Waals surface area contributed by atoms with E-state index < -0.39 is 0 Å². The molecule has 3 aromatic rings. The zero-order chi connectivity index (χ0) is 17.8. The average molecular weight is 371 g/mol. The molecule has 0 aliphatic rings. The maximum absolute atomic E-state index is 12.5. The highest BCUT2D eigenvalue weighted by Crippen LogP contribution is 2.25. The molecule has 0 spiro atoms. The number of hydrogen-bond acceptors (Lipinski definition) is 4. The number of nitrogens with zero attached hydrogens (tertiary/aromatic N) is 2. The number of carbonyl (C=O) groups is 1. The lowest BCUT2D eigenvalue weighted by Crippen LogP contribution is -2.19. The van der Waals surface area contributed by atoms with E-state index in [9.17, 15) is 4.79 Å². The number of carbonyl (C=O) groups excluding carboxylic acids is 1. The fourth-order valence-electron chi connectivity index (χ4n) is 2.47. The normalized spacial score (nSPS) is 10.6. The van der Waals surface area contributed by atoms with E-state index in [4.69, 9.17) is 12.2 Å². The first-order chi connectivity index (χ1) is 12.1. The first-order valence-electron chi connectivity index (χ1n) is 7.73. The maximum Gasteiger partial charge on any atom is 0.244 e. The maximum atomic E-state index is 12.5. The molecule has 7 heteroatoms. The monoisotopic (exact) mass is 370 g/mol. The van der Waals surface area contributed by atoms with Gasteiger partial charge in [-0.05, 0) is 37.5 Å². The Kier molecular flexibility index (Phi) is 5.35. The van der Waals surface area contributed by atoms with Crippen molar-refractivity contribution in [3.8, 4) is 11.4 Å². The SMILES string of the molecule is CSc1ccccc1NC(=O)Cn1c(-c2ccc(C)cc2)n[nH]c1=S. The van der Waals surface area contributed by atoms with Crippen LogP contribution in [0.2, 0.25) is 0 Å². The highest BCUT2D eigenvalue weighted by molar-refractivity contribution is 7.98. The topological polar surface area (TPSA) is 62.7 Å². The molecule has 5 nitrogen and oxygen atoms in total. The third-order valence-electron chi connectivity index (χ3n) is 3.75. The summed E-state index contributed by atoms with van der Waals surface area (Å²) in [4.78, 5) is 13.5. The number of amides is 1. The number of aromatic amines is 1. The number of para-hydroxylation sites is 1. The molecule has 0 fully saturated rings. The summed E-state index contributed by atoms with van der Waals surface area (Å²) in [6, 6.07) is 15.7. The van der Waals surface area contributed by atoms with E-state index in [-0.39, 0.29) is 12.5 Å². The average Bonchev–Trinajstić information content (AvgIpc) is 2.97. The van der Waals surface area contributed by atoms with Crippen molar-refractivity contribution in [1.82, 2.24) is 14.8 Å². The quantitative estimate of drug-likeness (QED) is 0.520. The Morgan fingerprint density at radius 1 is 1.24 bits per heavy atom. The van der Waals surface area contributed by atoms with Crippen molar-refractivity contribution in [3.05, 3.63) is 58.9 Å². The van der Waals surface area contributed by atoms with Gasteiger partial charge in [0.1, 0.15) is 6.54 Å². The van der Waals surface area contributed by atoms with Gasteiger partial charge in [-0.3, -0.25) is 14.5 Å². The predicted molar refractivity (Wildman–Crippen MR) is 104 cm³/mol. The third kappa shape index (κ3) is 4.00. The fraction of sp³-hybridized carbons (Fsp3) is 0.167. The fourth-order valence-corrected chi connectivity index (χ4v) is 3.22. The van der Waals surface area contributed by atoms with Crippen molar-refractivity contribution in [2.45, 2.75) is 18.4 Å². The van der Waals surface area contributed by atoms with Crippen molar-refractivity contribution < 1.29 is 4.79 Å². The number of benzene rings is 2. The lowest BCUT2D eigenvalue weighted by molar-refractivity contribution is -0.116. The van der Waals surface area contributed by atoms with Gasteiger partial charge in [0.25, 0.3) is 0 Å². The van der Waals surface area contributed by atoms with Crippen molar-refractivity contribution >= 4 is 35.6 Å².